The molecule has 0 atom stereocenters. The second-order valence-corrected chi connectivity index (χ2v) is 11.9. The summed E-state index contributed by atoms with van der Waals surface area (Å²) >= 11 is 1.11. The minimum absolute atomic E-state index is 0.0682. The SMILES string of the molecule is CC(C)Oc1cc(C(=O)Nc2nc(CC(=O)O)cs2)cc(Oc2ccc(S(=O)(=O)N3CCN(C)CC3)cc2)n1. The van der Waals surface area contributed by atoms with Crippen molar-refractivity contribution in [2.24, 2.45) is 0 Å². The summed E-state index contributed by atoms with van der Waals surface area (Å²) in [4.78, 5) is 34.5. The number of benzene rings is 1. The molecular weight excluding hydrogens is 546 g/mol. The number of rotatable bonds is 10. The maximum Gasteiger partial charge on any atom is 0.309 e. The lowest BCUT2D eigenvalue weighted by molar-refractivity contribution is -0.136. The number of carbonyl (C=O) groups excluding carboxylic acids is 1. The molecule has 39 heavy (non-hydrogen) atoms. The standard InChI is InChI=1S/C25H29N5O7S2/c1-16(2)36-21-12-17(24(33)28-25-26-18(15-38-25)14-23(31)32)13-22(27-21)37-19-4-6-20(7-5-19)39(34,35)30-10-8-29(3)9-11-30/h4-7,12-13,15-16H,8-11,14H2,1-3H3,(H,31,32)(H,26,28,33). The zero-order valence-corrected chi connectivity index (χ0v) is 23.3. The van der Waals surface area contributed by atoms with Crippen molar-refractivity contribution in [3.05, 3.63) is 53.0 Å². The number of ether oxygens (including phenoxy) is 2. The van der Waals surface area contributed by atoms with Crippen molar-refractivity contribution < 1.29 is 32.6 Å². The summed E-state index contributed by atoms with van der Waals surface area (Å²) in [5.41, 5.74) is 0.517. The van der Waals surface area contributed by atoms with Crippen LogP contribution in [0, 0.1) is 0 Å². The van der Waals surface area contributed by atoms with Gasteiger partial charge >= 0.3 is 5.97 Å². The molecule has 1 aromatic carbocycles. The minimum atomic E-state index is -3.62. The van der Waals surface area contributed by atoms with Crippen LogP contribution in [-0.2, 0) is 21.2 Å². The number of anilines is 1. The van der Waals surface area contributed by atoms with E-state index in [-0.39, 0.29) is 39.9 Å². The lowest BCUT2D eigenvalue weighted by atomic mass is 10.2. The van der Waals surface area contributed by atoms with Gasteiger partial charge in [0.15, 0.2) is 5.13 Å². The molecule has 0 unspecified atom stereocenters. The number of sulfonamides is 1. The van der Waals surface area contributed by atoms with Crippen LogP contribution in [0.1, 0.15) is 29.9 Å². The van der Waals surface area contributed by atoms with E-state index in [4.69, 9.17) is 14.6 Å². The first-order valence-corrected chi connectivity index (χ1v) is 14.4. The van der Waals surface area contributed by atoms with Crippen LogP contribution in [0.4, 0.5) is 5.13 Å². The Morgan fingerprint density at radius 1 is 1.08 bits per heavy atom. The third kappa shape index (κ3) is 7.50. The number of nitrogens with zero attached hydrogens (tertiary/aromatic N) is 4. The number of hydrogen-bond acceptors (Lipinski definition) is 10. The molecule has 1 amide bonds. The van der Waals surface area contributed by atoms with Crippen molar-refractivity contribution in [2.75, 3.05) is 38.5 Å². The molecule has 0 bridgehead atoms. The molecular formula is C25H29N5O7S2. The average molecular weight is 576 g/mol. The van der Waals surface area contributed by atoms with Crippen molar-refractivity contribution in [1.82, 2.24) is 19.2 Å². The number of nitrogens with one attached hydrogen (secondary N) is 1. The van der Waals surface area contributed by atoms with Crippen LogP contribution < -0.4 is 14.8 Å². The first-order valence-electron chi connectivity index (χ1n) is 12.1. The van der Waals surface area contributed by atoms with E-state index in [9.17, 15) is 18.0 Å². The summed E-state index contributed by atoms with van der Waals surface area (Å²) < 4.78 is 39.0. The molecule has 0 spiro atoms. The van der Waals surface area contributed by atoms with Crippen LogP contribution in [0.5, 0.6) is 17.5 Å². The Labute approximate surface area is 230 Å². The molecule has 0 aliphatic carbocycles. The Kier molecular flexibility index (Phi) is 8.80. The van der Waals surface area contributed by atoms with E-state index in [1.165, 1.54) is 40.7 Å². The fourth-order valence-electron chi connectivity index (χ4n) is 3.71. The van der Waals surface area contributed by atoms with Gasteiger partial charge in [0.2, 0.25) is 21.8 Å². The molecule has 2 aromatic heterocycles. The van der Waals surface area contributed by atoms with Gasteiger partial charge in [0, 0.05) is 43.7 Å². The highest BCUT2D eigenvalue weighted by molar-refractivity contribution is 7.89. The van der Waals surface area contributed by atoms with E-state index in [1.807, 2.05) is 20.9 Å². The Morgan fingerprint density at radius 2 is 1.74 bits per heavy atom. The molecule has 1 fully saturated rings. The minimum Gasteiger partial charge on any atom is -0.481 e. The molecule has 3 aromatic rings. The van der Waals surface area contributed by atoms with Gasteiger partial charge in [-0.25, -0.2) is 13.4 Å². The van der Waals surface area contributed by atoms with Crippen LogP contribution in [-0.4, -0.2) is 83.9 Å². The van der Waals surface area contributed by atoms with Crippen molar-refractivity contribution in [1.29, 1.82) is 0 Å². The van der Waals surface area contributed by atoms with Gasteiger partial charge in [-0.3, -0.25) is 14.9 Å². The van der Waals surface area contributed by atoms with Crippen molar-refractivity contribution in [2.45, 2.75) is 31.3 Å². The van der Waals surface area contributed by atoms with Crippen LogP contribution in [0.25, 0.3) is 0 Å². The lowest BCUT2D eigenvalue weighted by Crippen LogP contribution is -2.46. The summed E-state index contributed by atoms with van der Waals surface area (Å²) in [5, 5.41) is 13.4. The Hall–Kier alpha value is -3.59. The molecule has 0 radical (unpaired) electrons. The largest absolute Gasteiger partial charge is 0.481 e. The highest BCUT2D eigenvalue weighted by Gasteiger charge is 2.27. The summed E-state index contributed by atoms with van der Waals surface area (Å²) in [6.07, 6.45) is -0.471. The third-order valence-corrected chi connectivity index (χ3v) is 8.37. The zero-order valence-electron chi connectivity index (χ0n) is 21.7. The second-order valence-electron chi connectivity index (χ2n) is 9.15. The number of carbonyl (C=O) groups is 2. The van der Waals surface area contributed by atoms with Crippen molar-refractivity contribution in [3.63, 3.8) is 0 Å². The van der Waals surface area contributed by atoms with Gasteiger partial charge in [-0.05, 0) is 45.2 Å². The highest BCUT2D eigenvalue weighted by atomic mass is 32.2. The summed E-state index contributed by atoms with van der Waals surface area (Å²) in [5.74, 6) is -0.979. The van der Waals surface area contributed by atoms with Crippen LogP contribution >= 0.6 is 11.3 Å². The average Bonchev–Trinajstić information content (AvgIpc) is 3.30. The molecule has 1 aliphatic rings. The van der Waals surface area contributed by atoms with Crippen LogP contribution in [0.3, 0.4) is 0 Å². The normalized spacial score (nSPS) is 14.8. The van der Waals surface area contributed by atoms with Gasteiger partial charge in [0.25, 0.3) is 5.91 Å². The van der Waals surface area contributed by atoms with E-state index in [0.717, 1.165) is 11.3 Å². The van der Waals surface area contributed by atoms with Gasteiger partial charge in [-0.1, -0.05) is 0 Å². The number of pyridine rings is 1. The summed E-state index contributed by atoms with van der Waals surface area (Å²) in [7, 11) is -1.67. The topological polar surface area (TPSA) is 151 Å². The lowest BCUT2D eigenvalue weighted by Gasteiger charge is -2.31. The van der Waals surface area contributed by atoms with Crippen LogP contribution in [0.2, 0.25) is 0 Å². The Morgan fingerprint density at radius 3 is 2.38 bits per heavy atom. The van der Waals surface area contributed by atoms with Gasteiger partial charge in [0.1, 0.15) is 5.75 Å². The first kappa shape index (κ1) is 28.4. The second kappa shape index (κ2) is 12.1. The summed E-state index contributed by atoms with van der Waals surface area (Å²) in [6, 6.07) is 8.88. The van der Waals surface area contributed by atoms with E-state index in [1.54, 1.807) is 5.38 Å². The number of aromatic nitrogens is 2. The number of hydrogen-bond donors (Lipinski definition) is 2. The molecule has 208 valence electrons. The molecule has 0 saturated carbocycles. The van der Waals surface area contributed by atoms with E-state index in [2.05, 4.69) is 20.2 Å². The quantitative estimate of drug-likeness (QED) is 0.369. The highest BCUT2D eigenvalue weighted by Crippen LogP contribution is 2.27. The Balaban J connectivity index is 1.51. The third-order valence-electron chi connectivity index (χ3n) is 5.65. The number of carboxylic acid groups (broad SMARTS) is 1. The summed E-state index contributed by atoms with van der Waals surface area (Å²) in [6.45, 7) is 5.82. The van der Waals surface area contributed by atoms with Gasteiger partial charge in [-0.15, -0.1) is 11.3 Å². The molecule has 1 aliphatic heterocycles. The number of thiazole rings is 1. The van der Waals surface area contributed by atoms with Crippen molar-refractivity contribution in [3.8, 4) is 17.5 Å². The van der Waals surface area contributed by atoms with Gasteiger partial charge in [0.05, 0.1) is 28.7 Å². The number of carboxylic acids is 1. The van der Waals surface area contributed by atoms with Crippen LogP contribution in [0.15, 0.2) is 46.7 Å². The maximum atomic E-state index is 13.0. The van der Waals surface area contributed by atoms with Gasteiger partial charge in [-0.2, -0.15) is 9.29 Å². The smallest absolute Gasteiger partial charge is 0.309 e. The molecule has 12 nitrogen and oxygen atoms in total. The number of amides is 1. The van der Waals surface area contributed by atoms with E-state index >= 15 is 0 Å². The molecule has 1 saturated heterocycles. The predicted octanol–water partition coefficient (Wildman–Crippen LogP) is 2.93. The van der Waals surface area contributed by atoms with E-state index in [0.29, 0.717) is 37.6 Å². The molecule has 4 rings (SSSR count). The molecule has 14 heteroatoms. The Bertz CT molecular complexity index is 1430. The fourth-order valence-corrected chi connectivity index (χ4v) is 5.84. The molecule has 3 heterocycles. The monoisotopic (exact) mass is 575 g/mol. The maximum absolute atomic E-state index is 13.0. The van der Waals surface area contributed by atoms with Gasteiger partial charge < -0.3 is 19.5 Å². The number of piperazine rings is 1. The predicted molar refractivity (Wildman–Crippen MR) is 144 cm³/mol. The first-order chi connectivity index (χ1) is 18.5. The van der Waals surface area contributed by atoms with E-state index < -0.39 is 21.9 Å². The fraction of sp³-hybridized carbons (Fsp3) is 0.360. The molecule has 2 N–H and O–H groups in total. The number of likely N-dealkylation sites (N-methyl/N-ethyl adjacent to an activating group) is 1. The van der Waals surface area contributed by atoms with Crippen molar-refractivity contribution >= 4 is 38.4 Å². The number of aliphatic carboxylic acids is 1. The zero-order chi connectivity index (χ0) is 28.2.